The minimum atomic E-state index is 0.0953. The summed E-state index contributed by atoms with van der Waals surface area (Å²) in [7, 11) is 0. The summed E-state index contributed by atoms with van der Waals surface area (Å²) in [6.07, 6.45) is 3.73. The molecular formula is C22H25N3OS. The quantitative estimate of drug-likeness (QED) is 0.592. The summed E-state index contributed by atoms with van der Waals surface area (Å²) in [5, 5.41) is 10.8. The largest absolute Gasteiger partial charge is 0.489 e. The second kappa shape index (κ2) is 7.31. The number of nitrogens with zero attached hydrogens (tertiary/aromatic N) is 2. The van der Waals surface area contributed by atoms with Gasteiger partial charge in [0.15, 0.2) is 0 Å². The fourth-order valence-corrected chi connectivity index (χ4v) is 4.67. The van der Waals surface area contributed by atoms with Gasteiger partial charge < -0.3 is 10.5 Å². The Labute approximate surface area is 164 Å². The molecule has 0 fully saturated rings. The molecule has 0 aliphatic heterocycles. The molecule has 4 nitrogen and oxygen atoms in total. The zero-order valence-corrected chi connectivity index (χ0v) is 16.8. The maximum atomic E-state index is 6.16. The smallest absolute Gasteiger partial charge is 0.148 e. The van der Waals surface area contributed by atoms with Crippen molar-refractivity contribution in [2.75, 3.05) is 5.73 Å². The van der Waals surface area contributed by atoms with Gasteiger partial charge in [0.1, 0.15) is 15.8 Å². The molecule has 1 aliphatic carbocycles. The number of nitrogen functional groups attached to an aromatic ring is 1. The lowest BCUT2D eigenvalue weighted by molar-refractivity contribution is 0.244. The molecule has 2 N–H and O–H groups in total. The van der Waals surface area contributed by atoms with Crippen LogP contribution < -0.4 is 10.5 Å². The number of nitrogens with two attached hydrogens (primary N) is 1. The normalized spacial score (nSPS) is 16.4. The van der Waals surface area contributed by atoms with Gasteiger partial charge in [-0.05, 0) is 68.4 Å². The predicted octanol–water partition coefficient (Wildman–Crippen LogP) is 5.68. The minimum absolute atomic E-state index is 0.0953. The van der Waals surface area contributed by atoms with E-state index >= 15 is 0 Å². The molecule has 0 bridgehead atoms. The van der Waals surface area contributed by atoms with Crippen LogP contribution in [0.5, 0.6) is 5.75 Å². The SMILES string of the molecule is CC(C)Oc1ccc(-c2nnc(-c3cccc4c3CCC[C@@H]4C)s2)cc1N. The molecule has 5 heteroatoms. The van der Waals surface area contributed by atoms with Crippen LogP contribution in [0.3, 0.4) is 0 Å². The van der Waals surface area contributed by atoms with E-state index in [2.05, 4.69) is 35.3 Å². The molecule has 2 aromatic carbocycles. The molecule has 1 heterocycles. The van der Waals surface area contributed by atoms with Crippen molar-refractivity contribution < 1.29 is 4.74 Å². The molecule has 0 spiro atoms. The van der Waals surface area contributed by atoms with Gasteiger partial charge in [-0.2, -0.15) is 0 Å². The standard InChI is InChI=1S/C22H25N3OS/c1-13(2)26-20-11-10-15(12-19(20)23)21-24-25-22(27-21)18-9-5-7-16-14(3)6-4-8-17(16)18/h5,7,9-14H,4,6,8,23H2,1-3H3/t14-/m0/s1. The number of fused-ring (bicyclic) bond motifs is 1. The first-order chi connectivity index (χ1) is 13.0. The molecule has 1 aromatic heterocycles. The Balaban J connectivity index is 1.67. The summed E-state index contributed by atoms with van der Waals surface area (Å²) in [5.74, 6) is 1.33. The Morgan fingerprint density at radius 3 is 2.74 bits per heavy atom. The molecule has 0 unspecified atom stereocenters. The Hall–Kier alpha value is -2.40. The Morgan fingerprint density at radius 1 is 1.15 bits per heavy atom. The summed E-state index contributed by atoms with van der Waals surface area (Å²) in [6.45, 7) is 6.30. The zero-order chi connectivity index (χ0) is 19.0. The van der Waals surface area contributed by atoms with Crippen LogP contribution in [-0.4, -0.2) is 16.3 Å². The summed E-state index contributed by atoms with van der Waals surface area (Å²) < 4.78 is 5.72. The maximum absolute atomic E-state index is 6.16. The van der Waals surface area contributed by atoms with Gasteiger partial charge in [-0.25, -0.2) is 0 Å². The average molecular weight is 380 g/mol. The maximum Gasteiger partial charge on any atom is 0.148 e. The molecular weight excluding hydrogens is 354 g/mol. The number of rotatable bonds is 4. The van der Waals surface area contributed by atoms with Crippen LogP contribution in [0.4, 0.5) is 5.69 Å². The third-order valence-corrected chi connectivity index (χ3v) is 6.09. The lowest BCUT2D eigenvalue weighted by Gasteiger charge is -2.23. The number of aromatic nitrogens is 2. The molecule has 0 saturated carbocycles. The van der Waals surface area contributed by atoms with E-state index in [4.69, 9.17) is 10.5 Å². The van der Waals surface area contributed by atoms with Crippen LogP contribution in [0.25, 0.3) is 21.1 Å². The first kappa shape index (κ1) is 18.0. The van der Waals surface area contributed by atoms with Crippen LogP contribution >= 0.6 is 11.3 Å². The molecule has 140 valence electrons. The van der Waals surface area contributed by atoms with Crippen molar-refractivity contribution >= 4 is 17.0 Å². The number of hydrogen-bond donors (Lipinski definition) is 1. The number of anilines is 1. The first-order valence-electron chi connectivity index (χ1n) is 9.55. The Kier molecular flexibility index (Phi) is 4.87. The van der Waals surface area contributed by atoms with Gasteiger partial charge in [0.2, 0.25) is 0 Å². The number of hydrogen-bond acceptors (Lipinski definition) is 5. The van der Waals surface area contributed by atoms with Gasteiger partial charge in [-0.15, -0.1) is 10.2 Å². The van der Waals surface area contributed by atoms with Crippen molar-refractivity contribution in [3.8, 4) is 26.9 Å². The van der Waals surface area contributed by atoms with Crippen molar-refractivity contribution in [2.24, 2.45) is 0 Å². The highest BCUT2D eigenvalue weighted by Gasteiger charge is 2.21. The minimum Gasteiger partial charge on any atom is -0.489 e. The van der Waals surface area contributed by atoms with E-state index in [0.29, 0.717) is 17.4 Å². The predicted molar refractivity (Wildman–Crippen MR) is 112 cm³/mol. The fourth-order valence-electron chi connectivity index (χ4n) is 3.78. The Morgan fingerprint density at radius 2 is 1.96 bits per heavy atom. The second-order valence-electron chi connectivity index (χ2n) is 7.50. The second-order valence-corrected chi connectivity index (χ2v) is 8.48. The van der Waals surface area contributed by atoms with E-state index in [1.807, 2.05) is 32.0 Å². The summed E-state index contributed by atoms with van der Waals surface area (Å²) >= 11 is 1.62. The molecule has 1 aliphatic rings. The van der Waals surface area contributed by atoms with Crippen LogP contribution in [0.2, 0.25) is 0 Å². The molecule has 3 aromatic rings. The van der Waals surface area contributed by atoms with Crippen LogP contribution in [0.1, 0.15) is 50.7 Å². The summed E-state index contributed by atoms with van der Waals surface area (Å²) in [5.41, 5.74) is 11.9. The van der Waals surface area contributed by atoms with Crippen molar-refractivity contribution in [2.45, 2.75) is 52.1 Å². The van der Waals surface area contributed by atoms with Gasteiger partial charge in [0, 0.05) is 11.1 Å². The monoisotopic (exact) mass is 379 g/mol. The highest BCUT2D eigenvalue weighted by atomic mass is 32.1. The van der Waals surface area contributed by atoms with Gasteiger partial charge in [-0.3, -0.25) is 0 Å². The van der Waals surface area contributed by atoms with Gasteiger partial charge in [-0.1, -0.05) is 36.5 Å². The molecule has 27 heavy (non-hydrogen) atoms. The van der Waals surface area contributed by atoms with Crippen LogP contribution in [0.15, 0.2) is 36.4 Å². The van der Waals surface area contributed by atoms with E-state index in [-0.39, 0.29) is 6.10 Å². The van der Waals surface area contributed by atoms with Crippen molar-refractivity contribution in [3.05, 3.63) is 47.5 Å². The van der Waals surface area contributed by atoms with Crippen molar-refractivity contribution in [1.29, 1.82) is 0 Å². The highest BCUT2D eigenvalue weighted by Crippen LogP contribution is 2.39. The van der Waals surface area contributed by atoms with E-state index in [1.165, 1.54) is 29.5 Å². The average Bonchev–Trinajstić information content (AvgIpc) is 3.13. The van der Waals surface area contributed by atoms with Gasteiger partial charge in [0.25, 0.3) is 0 Å². The first-order valence-corrected chi connectivity index (χ1v) is 10.4. The number of benzene rings is 2. The van der Waals surface area contributed by atoms with E-state index in [9.17, 15) is 0 Å². The summed E-state index contributed by atoms with van der Waals surface area (Å²) in [4.78, 5) is 0. The van der Waals surface area contributed by atoms with E-state index in [1.54, 1.807) is 11.3 Å². The lowest BCUT2D eigenvalue weighted by atomic mass is 9.82. The zero-order valence-electron chi connectivity index (χ0n) is 16.0. The summed E-state index contributed by atoms with van der Waals surface area (Å²) in [6, 6.07) is 12.4. The molecule has 0 radical (unpaired) electrons. The molecule has 0 amide bonds. The van der Waals surface area contributed by atoms with Gasteiger partial charge >= 0.3 is 0 Å². The van der Waals surface area contributed by atoms with Crippen LogP contribution in [-0.2, 0) is 6.42 Å². The van der Waals surface area contributed by atoms with E-state index in [0.717, 1.165) is 22.0 Å². The third-order valence-electron chi connectivity index (χ3n) is 5.08. The Bertz CT molecular complexity index is 964. The molecule has 1 atom stereocenters. The van der Waals surface area contributed by atoms with E-state index < -0.39 is 0 Å². The van der Waals surface area contributed by atoms with Gasteiger partial charge in [0.05, 0.1) is 11.8 Å². The molecule has 0 saturated heterocycles. The third kappa shape index (κ3) is 3.56. The fraction of sp³-hybridized carbons (Fsp3) is 0.364. The van der Waals surface area contributed by atoms with Crippen molar-refractivity contribution in [1.82, 2.24) is 10.2 Å². The molecule has 4 rings (SSSR count). The topological polar surface area (TPSA) is 61.0 Å². The van der Waals surface area contributed by atoms with Crippen LogP contribution in [0, 0.1) is 0 Å². The lowest BCUT2D eigenvalue weighted by Crippen LogP contribution is -2.08. The van der Waals surface area contributed by atoms with Crippen molar-refractivity contribution in [3.63, 3.8) is 0 Å². The number of ether oxygens (including phenoxy) is 1. The highest BCUT2D eigenvalue weighted by molar-refractivity contribution is 7.17.